The Balaban J connectivity index is 1.20. The van der Waals surface area contributed by atoms with Gasteiger partial charge in [-0.2, -0.15) is 0 Å². The van der Waals surface area contributed by atoms with Crippen molar-refractivity contribution in [2.75, 3.05) is 0 Å². The lowest BCUT2D eigenvalue weighted by atomic mass is 9.81. The first-order valence-electron chi connectivity index (χ1n) is 20.3. The van der Waals surface area contributed by atoms with E-state index in [1.165, 1.54) is 63.6 Å². The fourth-order valence-corrected chi connectivity index (χ4v) is 14.4. The second-order valence-corrected chi connectivity index (χ2v) is 19.1. The number of hydrogen-bond acceptors (Lipinski definition) is 2. The molecule has 4 heteroatoms. The Morgan fingerprint density at radius 1 is 0.458 bits per heavy atom. The van der Waals surface area contributed by atoms with Crippen molar-refractivity contribution in [3.63, 3.8) is 0 Å². The first-order chi connectivity index (χ1) is 29.1. The van der Waals surface area contributed by atoms with E-state index in [2.05, 4.69) is 219 Å². The monoisotopic (exact) mass is 773 g/mol. The number of para-hydroxylation sites is 2. The third kappa shape index (κ3) is 4.66. The third-order valence-electron chi connectivity index (χ3n) is 12.6. The van der Waals surface area contributed by atoms with Crippen LogP contribution in [0.15, 0.2) is 220 Å². The van der Waals surface area contributed by atoms with Crippen molar-refractivity contribution in [1.29, 1.82) is 0 Å². The van der Waals surface area contributed by atoms with Gasteiger partial charge in [0, 0.05) is 47.6 Å². The van der Waals surface area contributed by atoms with Crippen LogP contribution in [0.25, 0.3) is 72.5 Å². The SMILES string of the molecule is CC1(C)c2ccccc2-c2ccc3c4ccccc4n(-c4ccccc4-c4nc(-c5ccccc5)c5c(n4)-c4ccccc4S5(c4ccccc4)c4ccccc4)c3c21. The lowest BCUT2D eigenvalue weighted by molar-refractivity contribution is 0.664. The van der Waals surface area contributed by atoms with Crippen molar-refractivity contribution >= 4 is 31.8 Å². The Bertz CT molecular complexity index is 3250. The van der Waals surface area contributed by atoms with Crippen LogP contribution in [0.4, 0.5) is 0 Å². The fourth-order valence-electron chi connectivity index (χ4n) is 10.2. The highest BCUT2D eigenvalue weighted by atomic mass is 32.3. The molecule has 280 valence electrons. The lowest BCUT2D eigenvalue weighted by Gasteiger charge is -2.39. The van der Waals surface area contributed by atoms with Crippen LogP contribution in [0.2, 0.25) is 0 Å². The molecule has 3 heterocycles. The van der Waals surface area contributed by atoms with Gasteiger partial charge in [-0.05, 0) is 70.8 Å². The van der Waals surface area contributed by atoms with Crippen molar-refractivity contribution in [3.8, 4) is 50.7 Å². The van der Waals surface area contributed by atoms with Crippen LogP contribution >= 0.6 is 10.0 Å². The molecular weight excluding hydrogens is 735 g/mol. The van der Waals surface area contributed by atoms with Crippen molar-refractivity contribution in [2.45, 2.75) is 38.8 Å². The summed E-state index contributed by atoms with van der Waals surface area (Å²) in [5.74, 6) is 0.713. The van der Waals surface area contributed by atoms with Gasteiger partial charge >= 0.3 is 0 Å². The van der Waals surface area contributed by atoms with Crippen LogP contribution < -0.4 is 0 Å². The summed E-state index contributed by atoms with van der Waals surface area (Å²) < 4.78 is 2.50. The van der Waals surface area contributed by atoms with Gasteiger partial charge in [-0.1, -0.05) is 166 Å². The maximum Gasteiger partial charge on any atom is 0.162 e. The van der Waals surface area contributed by atoms with E-state index >= 15 is 0 Å². The van der Waals surface area contributed by atoms with E-state index in [1.54, 1.807) is 0 Å². The molecule has 2 aliphatic rings. The Morgan fingerprint density at radius 2 is 1.03 bits per heavy atom. The number of aromatic nitrogens is 3. The van der Waals surface area contributed by atoms with E-state index in [4.69, 9.17) is 9.97 Å². The minimum atomic E-state index is -2.00. The standard InChI is InChI=1S/C55H39N3S/c1-55(2)45-30-16-12-26-39(45)41-34-35-42-40-27-13-17-31-46(40)58(52(42)49(41)55)47-32-18-14-28-43(47)54-56-50(36-20-6-3-7-21-36)53-51(57-54)44-29-15-19-33-48(44)59(53,37-22-8-4-9-23-37)38-24-10-5-11-25-38/h3-35H,1-2H3. The molecule has 12 rings (SSSR count). The van der Waals surface area contributed by atoms with Gasteiger partial charge in [0.1, 0.15) is 0 Å². The quantitative estimate of drug-likeness (QED) is 0.174. The zero-order chi connectivity index (χ0) is 39.3. The van der Waals surface area contributed by atoms with E-state index < -0.39 is 10.0 Å². The van der Waals surface area contributed by atoms with Gasteiger partial charge in [0.2, 0.25) is 0 Å². The Hall–Kier alpha value is -7.01. The van der Waals surface area contributed by atoms with Crippen LogP contribution in [0.3, 0.4) is 0 Å². The molecule has 0 unspecified atom stereocenters. The molecule has 0 spiro atoms. The second kappa shape index (κ2) is 12.7. The zero-order valence-corrected chi connectivity index (χ0v) is 33.6. The van der Waals surface area contributed by atoms with Crippen LogP contribution in [-0.4, -0.2) is 14.5 Å². The molecule has 2 aromatic heterocycles. The van der Waals surface area contributed by atoms with Gasteiger partial charge in [0.15, 0.2) is 5.82 Å². The highest BCUT2D eigenvalue weighted by Crippen LogP contribution is 2.81. The minimum Gasteiger partial charge on any atom is -0.308 e. The average molecular weight is 774 g/mol. The highest BCUT2D eigenvalue weighted by Gasteiger charge is 2.46. The second-order valence-electron chi connectivity index (χ2n) is 16.1. The first-order valence-corrected chi connectivity index (χ1v) is 22.0. The molecule has 1 aliphatic heterocycles. The van der Waals surface area contributed by atoms with E-state index in [0.717, 1.165) is 33.8 Å². The molecule has 0 atom stereocenters. The predicted molar refractivity (Wildman–Crippen MR) is 244 cm³/mol. The summed E-state index contributed by atoms with van der Waals surface area (Å²) in [7, 11) is -2.00. The molecule has 0 N–H and O–H groups in total. The topological polar surface area (TPSA) is 30.7 Å². The molecule has 0 saturated heterocycles. The summed E-state index contributed by atoms with van der Waals surface area (Å²) in [5, 5.41) is 2.49. The molecule has 59 heavy (non-hydrogen) atoms. The van der Waals surface area contributed by atoms with Crippen LogP contribution in [0.5, 0.6) is 0 Å². The largest absolute Gasteiger partial charge is 0.308 e. The number of rotatable bonds is 5. The Kier molecular flexibility index (Phi) is 7.36. The van der Waals surface area contributed by atoms with E-state index in [-0.39, 0.29) is 5.41 Å². The zero-order valence-electron chi connectivity index (χ0n) is 32.8. The van der Waals surface area contributed by atoms with Gasteiger partial charge in [0.25, 0.3) is 0 Å². The van der Waals surface area contributed by atoms with Crippen molar-refractivity contribution in [2.24, 2.45) is 0 Å². The number of benzene rings is 8. The molecule has 1 aliphatic carbocycles. The molecule has 8 aromatic carbocycles. The molecule has 0 bridgehead atoms. The maximum atomic E-state index is 5.77. The van der Waals surface area contributed by atoms with Crippen LogP contribution in [-0.2, 0) is 5.41 Å². The van der Waals surface area contributed by atoms with Gasteiger partial charge in [0.05, 0.1) is 33.0 Å². The summed E-state index contributed by atoms with van der Waals surface area (Å²) in [6.45, 7) is 4.76. The number of nitrogens with zero attached hydrogens (tertiary/aromatic N) is 3. The number of fused-ring (bicyclic) bond motifs is 10. The van der Waals surface area contributed by atoms with E-state index in [9.17, 15) is 0 Å². The highest BCUT2D eigenvalue weighted by molar-refractivity contribution is 8.34. The summed E-state index contributed by atoms with van der Waals surface area (Å²) in [6, 6.07) is 73.0. The molecule has 0 fully saturated rings. The molecule has 0 amide bonds. The van der Waals surface area contributed by atoms with E-state index in [0.29, 0.717) is 5.82 Å². The van der Waals surface area contributed by atoms with Crippen LogP contribution in [0.1, 0.15) is 25.0 Å². The predicted octanol–water partition coefficient (Wildman–Crippen LogP) is 14.5. The van der Waals surface area contributed by atoms with Gasteiger partial charge in [-0.25, -0.2) is 9.97 Å². The van der Waals surface area contributed by atoms with E-state index in [1.807, 2.05) is 0 Å². The lowest BCUT2D eigenvalue weighted by Crippen LogP contribution is -2.16. The number of hydrogen-bond donors (Lipinski definition) is 0. The smallest absolute Gasteiger partial charge is 0.162 e. The van der Waals surface area contributed by atoms with Gasteiger partial charge in [-0.3, -0.25) is 0 Å². The molecule has 10 aromatic rings. The Labute approximate surface area is 345 Å². The van der Waals surface area contributed by atoms with Crippen molar-refractivity contribution in [1.82, 2.24) is 14.5 Å². The minimum absolute atomic E-state index is 0.207. The third-order valence-corrected chi connectivity index (χ3v) is 16.6. The summed E-state index contributed by atoms with van der Waals surface area (Å²) in [6.07, 6.45) is 0. The average Bonchev–Trinajstić information content (AvgIpc) is 3.88. The van der Waals surface area contributed by atoms with Gasteiger partial charge < -0.3 is 4.57 Å². The van der Waals surface area contributed by atoms with Crippen LogP contribution in [0, 0.1) is 0 Å². The first kappa shape index (κ1) is 34.1. The summed E-state index contributed by atoms with van der Waals surface area (Å²) in [5.41, 5.74) is 13.8. The molecular formula is C55H39N3S. The van der Waals surface area contributed by atoms with Crippen molar-refractivity contribution < 1.29 is 0 Å². The van der Waals surface area contributed by atoms with Crippen molar-refractivity contribution in [3.05, 3.63) is 211 Å². The molecule has 0 radical (unpaired) electrons. The summed E-state index contributed by atoms with van der Waals surface area (Å²) >= 11 is 0. The molecule has 3 nitrogen and oxygen atoms in total. The molecule has 0 saturated carbocycles. The maximum absolute atomic E-state index is 5.77. The Morgan fingerprint density at radius 3 is 1.78 bits per heavy atom. The van der Waals surface area contributed by atoms with Gasteiger partial charge in [-0.15, -0.1) is 10.0 Å². The fraction of sp³-hybridized carbons (Fsp3) is 0.0545. The summed E-state index contributed by atoms with van der Waals surface area (Å²) in [4.78, 5) is 16.6. The normalized spacial score (nSPS) is 14.7.